The Hall–Kier alpha value is -1.31. The second kappa shape index (κ2) is 8.82. The number of aromatic amines is 1. The molecule has 1 aliphatic heterocycles. The van der Waals surface area contributed by atoms with Crippen LogP contribution < -0.4 is 11.2 Å². The number of aliphatic hydroxyl groups excluding tert-OH is 1. The third kappa shape index (κ3) is 5.06. The molecule has 2 N–H and O–H groups in total. The molecule has 12 heteroatoms. The molecule has 2 heterocycles. The Kier molecular flexibility index (Phi) is 7.29. The van der Waals surface area contributed by atoms with E-state index in [9.17, 15) is 23.1 Å². The fourth-order valence-electron chi connectivity index (χ4n) is 3.46. The van der Waals surface area contributed by atoms with E-state index in [4.69, 9.17) is 13.7 Å². The lowest BCUT2D eigenvalue weighted by Gasteiger charge is -2.37. The van der Waals surface area contributed by atoms with Crippen LogP contribution in [0.1, 0.15) is 26.7 Å². The monoisotopic (exact) mass is 450 g/mol. The molecule has 1 fully saturated rings. The number of aromatic nitrogens is 2. The van der Waals surface area contributed by atoms with Gasteiger partial charge in [-0.15, -0.1) is 0 Å². The Morgan fingerprint density at radius 1 is 1.45 bits per heavy atom. The first-order valence-electron chi connectivity index (χ1n) is 9.52. The van der Waals surface area contributed by atoms with Gasteiger partial charge in [0.2, 0.25) is 0 Å². The molecular formula is C17H30N2O8SSi. The Labute approximate surface area is 171 Å². The van der Waals surface area contributed by atoms with Gasteiger partial charge in [-0.1, -0.05) is 20.0 Å². The quantitative estimate of drug-likeness (QED) is 0.380. The van der Waals surface area contributed by atoms with Crippen molar-refractivity contribution in [3.63, 3.8) is 0 Å². The zero-order valence-electron chi connectivity index (χ0n) is 17.4. The Morgan fingerprint density at radius 2 is 2.10 bits per heavy atom. The van der Waals surface area contributed by atoms with Gasteiger partial charge in [0.25, 0.3) is 15.7 Å². The van der Waals surface area contributed by atoms with Gasteiger partial charge in [0.05, 0.1) is 33.9 Å². The van der Waals surface area contributed by atoms with Gasteiger partial charge in [0.15, 0.2) is 0 Å². The van der Waals surface area contributed by atoms with Crippen molar-refractivity contribution in [3.05, 3.63) is 33.1 Å². The zero-order valence-corrected chi connectivity index (χ0v) is 19.3. The van der Waals surface area contributed by atoms with Gasteiger partial charge in [-0.2, -0.15) is 8.42 Å². The zero-order chi connectivity index (χ0) is 22.0. The highest BCUT2D eigenvalue weighted by molar-refractivity contribution is 7.85. The maximum Gasteiger partial charge on any atom is 0.330 e. The molecule has 10 nitrogen and oxygen atoms in total. The summed E-state index contributed by atoms with van der Waals surface area (Å²) in [4.78, 5) is 26.3. The summed E-state index contributed by atoms with van der Waals surface area (Å²) < 4.78 is 42.0. The van der Waals surface area contributed by atoms with Crippen molar-refractivity contribution < 1.29 is 27.2 Å². The summed E-state index contributed by atoms with van der Waals surface area (Å²) in [7, 11) is -5.67. The first-order chi connectivity index (χ1) is 13.4. The highest BCUT2D eigenvalue weighted by Gasteiger charge is 2.60. The lowest BCUT2D eigenvalue weighted by molar-refractivity contribution is -0.178. The van der Waals surface area contributed by atoms with Crippen molar-refractivity contribution in [2.75, 3.05) is 19.5 Å². The van der Waals surface area contributed by atoms with Crippen LogP contribution in [0.25, 0.3) is 0 Å². The van der Waals surface area contributed by atoms with Crippen LogP contribution in [-0.4, -0.2) is 69.2 Å². The van der Waals surface area contributed by atoms with Crippen LogP contribution in [0.15, 0.2) is 21.9 Å². The number of nitrogens with zero attached hydrogens (tertiary/aromatic N) is 1. The van der Waals surface area contributed by atoms with Crippen LogP contribution >= 0.6 is 0 Å². The summed E-state index contributed by atoms with van der Waals surface area (Å²) >= 11 is 0. The van der Waals surface area contributed by atoms with E-state index in [0.29, 0.717) is 6.42 Å². The van der Waals surface area contributed by atoms with Gasteiger partial charge in [-0.05, 0) is 13.3 Å². The van der Waals surface area contributed by atoms with E-state index in [1.54, 1.807) is 0 Å². The minimum absolute atomic E-state index is 0.190. The molecular weight excluding hydrogens is 420 g/mol. The molecule has 0 saturated carbocycles. The van der Waals surface area contributed by atoms with E-state index in [-0.39, 0.29) is 12.5 Å². The number of H-pyrrole nitrogens is 1. The Morgan fingerprint density at radius 3 is 2.59 bits per heavy atom. The predicted molar refractivity (Wildman–Crippen MR) is 109 cm³/mol. The van der Waals surface area contributed by atoms with Gasteiger partial charge in [-0.25, -0.2) is 4.79 Å². The number of ether oxygens (including phenoxy) is 2. The third-order valence-corrected chi connectivity index (χ3v) is 8.32. The van der Waals surface area contributed by atoms with Crippen molar-refractivity contribution >= 4 is 18.9 Å². The van der Waals surface area contributed by atoms with Crippen LogP contribution in [0.5, 0.6) is 0 Å². The second-order valence-corrected chi connectivity index (χ2v) is 12.7. The Balaban J connectivity index is 2.59. The van der Waals surface area contributed by atoms with Crippen molar-refractivity contribution in [2.45, 2.75) is 62.9 Å². The molecule has 1 aromatic heterocycles. The standard InChI is InChI=1S/C17H30N2O8SSi/c1-6-12(2)26-13-9-17(29(4)5,19-8-7-14(21)18-15(19)22)27-16(13,10-20)11-25-28(3,23)24/h7-8,12-13,20,29H,6,9-11H2,1-5H3,(H,18,21,22)/t12?,13-,16-,17-/m0/s1. The molecule has 0 bridgehead atoms. The number of nitrogens with one attached hydrogen (secondary N) is 1. The van der Waals surface area contributed by atoms with Crippen LogP contribution in [0.2, 0.25) is 13.1 Å². The van der Waals surface area contributed by atoms with Gasteiger partial charge in [0.1, 0.15) is 17.6 Å². The van der Waals surface area contributed by atoms with Crippen molar-refractivity contribution in [2.24, 2.45) is 0 Å². The van der Waals surface area contributed by atoms with Crippen molar-refractivity contribution in [1.29, 1.82) is 0 Å². The average Bonchev–Trinajstić information content (AvgIpc) is 2.95. The molecule has 0 aromatic carbocycles. The maximum absolute atomic E-state index is 12.6. The normalized spacial score (nSPS) is 28.7. The minimum Gasteiger partial charge on any atom is -0.393 e. The third-order valence-electron chi connectivity index (χ3n) is 5.33. The summed E-state index contributed by atoms with van der Waals surface area (Å²) in [6.45, 7) is 6.70. The number of hydrogen-bond donors (Lipinski definition) is 2. The van der Waals surface area contributed by atoms with Crippen LogP contribution in [0.4, 0.5) is 0 Å². The van der Waals surface area contributed by atoms with Gasteiger partial charge in [0, 0.05) is 18.7 Å². The molecule has 1 aliphatic rings. The van der Waals surface area contributed by atoms with E-state index in [1.807, 2.05) is 26.9 Å². The topological polar surface area (TPSA) is 137 Å². The fourth-order valence-corrected chi connectivity index (χ4v) is 5.79. The summed E-state index contributed by atoms with van der Waals surface area (Å²) in [5, 5.41) is 9.08. The molecule has 2 rings (SSSR count). The summed E-state index contributed by atoms with van der Waals surface area (Å²) in [5.41, 5.74) is -2.66. The maximum atomic E-state index is 12.6. The molecule has 4 atom stereocenters. The van der Waals surface area contributed by atoms with Crippen LogP contribution in [0.3, 0.4) is 0 Å². The van der Waals surface area contributed by atoms with Crippen molar-refractivity contribution in [1.82, 2.24) is 9.55 Å². The first-order valence-corrected chi connectivity index (χ1v) is 14.2. The molecule has 0 amide bonds. The molecule has 0 spiro atoms. The van der Waals surface area contributed by atoms with Crippen LogP contribution in [0, 0.1) is 0 Å². The predicted octanol–water partition coefficient (Wildman–Crippen LogP) is -0.473. The SMILES string of the molecule is CCC(C)O[C@H]1C[C@@](n2ccc(=O)[nH]c2=O)([SiH](C)C)O[C@@]1(CO)COS(C)(=O)=O. The summed E-state index contributed by atoms with van der Waals surface area (Å²) in [6.07, 6.45) is 2.26. The Bertz CT molecular complexity index is 930. The van der Waals surface area contributed by atoms with E-state index in [1.165, 1.54) is 16.8 Å². The smallest absolute Gasteiger partial charge is 0.330 e. The molecule has 1 aromatic rings. The lowest BCUT2D eigenvalue weighted by Crippen LogP contribution is -2.54. The van der Waals surface area contributed by atoms with Crippen LogP contribution in [-0.2, 0) is 29.1 Å². The van der Waals surface area contributed by atoms with E-state index in [0.717, 1.165) is 6.26 Å². The molecule has 29 heavy (non-hydrogen) atoms. The van der Waals surface area contributed by atoms with E-state index >= 15 is 0 Å². The average molecular weight is 451 g/mol. The van der Waals surface area contributed by atoms with E-state index in [2.05, 4.69) is 4.98 Å². The molecule has 0 radical (unpaired) electrons. The molecule has 0 aliphatic carbocycles. The number of aliphatic hydroxyl groups is 1. The second-order valence-electron chi connectivity index (χ2n) is 7.82. The largest absolute Gasteiger partial charge is 0.393 e. The van der Waals surface area contributed by atoms with Gasteiger partial charge in [-0.3, -0.25) is 18.5 Å². The first kappa shape index (κ1) is 24.0. The lowest BCUT2D eigenvalue weighted by atomic mass is 9.98. The van der Waals surface area contributed by atoms with Gasteiger partial charge >= 0.3 is 5.69 Å². The minimum atomic E-state index is -3.80. The molecule has 1 unspecified atom stereocenters. The van der Waals surface area contributed by atoms with Gasteiger partial charge < -0.3 is 14.6 Å². The number of hydrogen-bond acceptors (Lipinski definition) is 8. The summed E-state index contributed by atoms with van der Waals surface area (Å²) in [5.74, 6) is 0. The highest BCUT2D eigenvalue weighted by atomic mass is 32.2. The molecule has 1 saturated heterocycles. The fraction of sp³-hybridized carbons (Fsp3) is 0.765. The highest BCUT2D eigenvalue weighted by Crippen LogP contribution is 2.45. The van der Waals surface area contributed by atoms with E-state index < -0.39 is 60.4 Å². The van der Waals surface area contributed by atoms with Crippen molar-refractivity contribution in [3.8, 4) is 0 Å². The number of rotatable bonds is 9. The molecule has 166 valence electrons. The summed E-state index contributed by atoms with van der Waals surface area (Å²) in [6, 6.07) is 1.22.